The minimum absolute atomic E-state index is 0.0732. The number of anilines is 2. The van der Waals surface area contributed by atoms with Gasteiger partial charge in [0.1, 0.15) is 10.6 Å². The molecule has 0 radical (unpaired) electrons. The van der Waals surface area contributed by atoms with Gasteiger partial charge in [-0.05, 0) is 54.6 Å². The average molecular weight is 485 g/mol. The number of esters is 1. The first kappa shape index (κ1) is 23.6. The van der Waals surface area contributed by atoms with Crippen LogP contribution in [0.15, 0.2) is 59.5 Å². The van der Waals surface area contributed by atoms with Gasteiger partial charge in [-0.25, -0.2) is 13.2 Å². The van der Waals surface area contributed by atoms with Gasteiger partial charge in [0.2, 0.25) is 10.0 Å². The van der Waals surface area contributed by atoms with E-state index >= 15 is 0 Å². The van der Waals surface area contributed by atoms with E-state index in [2.05, 4.69) is 15.5 Å². The van der Waals surface area contributed by atoms with E-state index in [1.54, 1.807) is 54.6 Å². The lowest BCUT2D eigenvalue weighted by molar-refractivity contribution is 0.0600. The summed E-state index contributed by atoms with van der Waals surface area (Å²) < 4.78 is 43.1. The van der Waals surface area contributed by atoms with Crippen LogP contribution in [0.3, 0.4) is 0 Å². The first-order valence-corrected chi connectivity index (χ1v) is 11.9. The molecular weight excluding hydrogens is 460 g/mol. The summed E-state index contributed by atoms with van der Waals surface area (Å²) in [6.45, 7) is 1.28. The number of carbonyl (C=O) groups excluding carboxylic acids is 1. The molecule has 0 atom stereocenters. The van der Waals surface area contributed by atoms with Crippen LogP contribution in [-0.2, 0) is 19.5 Å². The predicted molar refractivity (Wildman–Crippen MR) is 125 cm³/mol. The molecule has 0 unspecified atom stereocenters. The van der Waals surface area contributed by atoms with Crippen LogP contribution in [0.5, 0.6) is 5.75 Å². The second-order valence-electron chi connectivity index (χ2n) is 7.38. The number of hydrogen-bond acceptors (Lipinski definition) is 9. The fourth-order valence-corrected chi connectivity index (χ4v) is 5.06. The molecule has 2 aromatic carbocycles. The lowest BCUT2D eigenvalue weighted by atomic mass is 10.1. The van der Waals surface area contributed by atoms with Crippen molar-refractivity contribution in [3.05, 3.63) is 60.2 Å². The Balaban J connectivity index is 1.55. The topological polar surface area (TPSA) is 120 Å². The van der Waals surface area contributed by atoms with Gasteiger partial charge in [0, 0.05) is 24.3 Å². The highest BCUT2D eigenvalue weighted by atomic mass is 32.2. The van der Waals surface area contributed by atoms with E-state index in [0.29, 0.717) is 35.9 Å². The van der Waals surface area contributed by atoms with Crippen molar-refractivity contribution in [3.8, 4) is 17.0 Å². The predicted octanol–water partition coefficient (Wildman–Crippen LogP) is 2.70. The van der Waals surface area contributed by atoms with E-state index in [9.17, 15) is 13.2 Å². The smallest absolute Gasteiger partial charge is 0.337 e. The monoisotopic (exact) mass is 484 g/mol. The van der Waals surface area contributed by atoms with Crippen molar-refractivity contribution in [1.29, 1.82) is 0 Å². The summed E-state index contributed by atoms with van der Waals surface area (Å²) >= 11 is 0. The Hall–Kier alpha value is -3.54. The minimum atomic E-state index is -3.76. The Kier molecular flexibility index (Phi) is 7.06. The van der Waals surface area contributed by atoms with Crippen molar-refractivity contribution in [3.63, 3.8) is 0 Å². The Morgan fingerprint density at radius 3 is 2.35 bits per heavy atom. The van der Waals surface area contributed by atoms with Crippen LogP contribution in [0.25, 0.3) is 11.3 Å². The maximum absolute atomic E-state index is 13.2. The van der Waals surface area contributed by atoms with Gasteiger partial charge in [0.05, 0.1) is 38.7 Å². The van der Waals surface area contributed by atoms with Crippen LogP contribution >= 0.6 is 0 Å². The zero-order valence-corrected chi connectivity index (χ0v) is 19.5. The Bertz CT molecular complexity index is 1260. The van der Waals surface area contributed by atoms with Gasteiger partial charge < -0.3 is 19.5 Å². The Morgan fingerprint density at radius 2 is 1.74 bits per heavy atom. The molecule has 1 N–H and O–H groups in total. The van der Waals surface area contributed by atoms with Crippen molar-refractivity contribution >= 4 is 27.5 Å². The van der Waals surface area contributed by atoms with Crippen molar-refractivity contribution < 1.29 is 27.4 Å². The number of methoxy groups -OCH3 is 2. The third kappa shape index (κ3) is 5.01. The van der Waals surface area contributed by atoms with Crippen LogP contribution in [0, 0.1) is 0 Å². The fourth-order valence-electron chi connectivity index (χ4n) is 3.47. The molecule has 11 heteroatoms. The van der Waals surface area contributed by atoms with Crippen LogP contribution < -0.4 is 10.1 Å². The molecule has 0 aliphatic carbocycles. The third-order valence-corrected chi connectivity index (χ3v) is 7.21. The zero-order valence-electron chi connectivity index (χ0n) is 18.7. The average Bonchev–Trinajstić information content (AvgIpc) is 2.89. The summed E-state index contributed by atoms with van der Waals surface area (Å²) in [5.41, 5.74) is 2.26. The molecule has 0 spiro atoms. The molecule has 178 valence electrons. The molecule has 1 fully saturated rings. The molecule has 34 heavy (non-hydrogen) atoms. The van der Waals surface area contributed by atoms with Crippen LogP contribution in [0.2, 0.25) is 0 Å². The maximum atomic E-state index is 13.2. The van der Waals surface area contributed by atoms with Gasteiger partial charge >= 0.3 is 5.97 Å². The van der Waals surface area contributed by atoms with Gasteiger partial charge in [0.15, 0.2) is 5.82 Å². The molecule has 4 rings (SSSR count). The number of rotatable bonds is 7. The second-order valence-corrected chi connectivity index (χ2v) is 9.29. The molecule has 2 heterocycles. The highest BCUT2D eigenvalue weighted by Crippen LogP contribution is 2.31. The fraction of sp³-hybridized carbons (Fsp3) is 0.261. The Morgan fingerprint density at radius 1 is 1.00 bits per heavy atom. The van der Waals surface area contributed by atoms with E-state index in [-0.39, 0.29) is 23.7 Å². The molecule has 0 saturated carbocycles. The minimum Gasteiger partial charge on any atom is -0.495 e. The van der Waals surface area contributed by atoms with Gasteiger partial charge in [-0.1, -0.05) is 0 Å². The largest absolute Gasteiger partial charge is 0.495 e. The first-order chi connectivity index (χ1) is 16.4. The molecule has 1 aliphatic heterocycles. The van der Waals surface area contributed by atoms with E-state index in [4.69, 9.17) is 14.2 Å². The number of nitrogens with zero attached hydrogens (tertiary/aromatic N) is 3. The molecule has 0 bridgehead atoms. The van der Waals surface area contributed by atoms with Crippen LogP contribution in [0.4, 0.5) is 11.5 Å². The highest BCUT2D eigenvalue weighted by Gasteiger charge is 2.29. The number of carbonyl (C=O) groups is 1. The SMILES string of the molecule is COC(=O)c1ccc(Nc2ccc(-c3ccc(OC)c(S(=O)(=O)N4CCOCC4)c3)nn2)cc1. The molecule has 3 aromatic rings. The number of ether oxygens (including phenoxy) is 3. The number of sulfonamides is 1. The van der Waals surface area contributed by atoms with Crippen molar-refractivity contribution in [2.75, 3.05) is 45.8 Å². The number of hydrogen-bond donors (Lipinski definition) is 1. The maximum Gasteiger partial charge on any atom is 0.337 e. The number of benzene rings is 2. The van der Waals surface area contributed by atoms with Crippen molar-refractivity contribution in [1.82, 2.24) is 14.5 Å². The molecule has 1 aromatic heterocycles. The highest BCUT2D eigenvalue weighted by molar-refractivity contribution is 7.89. The third-order valence-electron chi connectivity index (χ3n) is 5.29. The summed E-state index contributed by atoms with van der Waals surface area (Å²) in [4.78, 5) is 11.6. The van der Waals surface area contributed by atoms with Crippen molar-refractivity contribution in [2.24, 2.45) is 0 Å². The summed E-state index contributed by atoms with van der Waals surface area (Å²) in [5.74, 6) is 0.339. The summed E-state index contributed by atoms with van der Waals surface area (Å²) in [6.07, 6.45) is 0. The molecule has 0 amide bonds. The molecule has 1 aliphatic rings. The first-order valence-electron chi connectivity index (χ1n) is 10.5. The van der Waals surface area contributed by atoms with Gasteiger partial charge in [-0.3, -0.25) is 0 Å². The van der Waals surface area contributed by atoms with E-state index < -0.39 is 16.0 Å². The van der Waals surface area contributed by atoms with Gasteiger partial charge in [0.25, 0.3) is 0 Å². The van der Waals surface area contributed by atoms with E-state index in [1.807, 2.05) is 0 Å². The molecular formula is C23H24N4O6S. The van der Waals surface area contributed by atoms with E-state index in [1.165, 1.54) is 18.5 Å². The standard InChI is InChI=1S/C23H24N4O6S/c1-31-20-9-5-17(15-21(20)34(29,30)27-11-13-33-14-12-27)19-8-10-22(26-25-19)24-18-6-3-16(4-7-18)23(28)32-2/h3-10,15H,11-14H2,1-2H3,(H,24,26). The summed E-state index contributed by atoms with van der Waals surface area (Å²) in [5, 5.41) is 11.5. The molecule has 1 saturated heterocycles. The van der Waals surface area contributed by atoms with Gasteiger partial charge in [-0.15, -0.1) is 10.2 Å². The Labute approximate surface area is 197 Å². The van der Waals surface area contributed by atoms with Crippen LogP contribution in [-0.4, -0.2) is 69.4 Å². The second kappa shape index (κ2) is 10.2. The summed E-state index contributed by atoms with van der Waals surface area (Å²) in [7, 11) is -0.996. The lowest BCUT2D eigenvalue weighted by Crippen LogP contribution is -2.40. The van der Waals surface area contributed by atoms with Crippen LogP contribution in [0.1, 0.15) is 10.4 Å². The molecule has 10 nitrogen and oxygen atoms in total. The number of aromatic nitrogens is 2. The number of morpholine rings is 1. The summed E-state index contributed by atoms with van der Waals surface area (Å²) in [6, 6.07) is 15.1. The quantitative estimate of drug-likeness (QED) is 0.505. The lowest BCUT2D eigenvalue weighted by Gasteiger charge is -2.26. The van der Waals surface area contributed by atoms with Crippen molar-refractivity contribution in [2.45, 2.75) is 4.90 Å². The zero-order chi connectivity index (χ0) is 24.1. The van der Waals surface area contributed by atoms with E-state index in [0.717, 1.165) is 5.69 Å². The van der Waals surface area contributed by atoms with Gasteiger partial charge in [-0.2, -0.15) is 4.31 Å². The normalized spacial score (nSPS) is 14.4. The number of nitrogens with one attached hydrogen (secondary N) is 1.